The van der Waals surface area contributed by atoms with Gasteiger partial charge in [-0.3, -0.25) is 4.68 Å². The first-order valence-electron chi connectivity index (χ1n) is 7.32. The van der Waals surface area contributed by atoms with Crippen LogP contribution in [0.5, 0.6) is 0 Å². The van der Waals surface area contributed by atoms with Gasteiger partial charge in [0, 0.05) is 18.2 Å². The molecule has 7 nitrogen and oxygen atoms in total. The number of rotatable bonds is 5. The number of nitrogens with zero attached hydrogens (tertiary/aromatic N) is 4. The van der Waals surface area contributed by atoms with E-state index in [9.17, 15) is 21.6 Å². The standard InChI is InChI=1S/C15H13F3N4O3S/c1-22-12(19-14(20-22)10-5-3-2-4-6-10)9-26(23,24)8-11-7-25-21-13(11)15(16,17)18/h2-7H,8-9H2,1H3. The van der Waals surface area contributed by atoms with Gasteiger partial charge in [0.2, 0.25) is 0 Å². The summed E-state index contributed by atoms with van der Waals surface area (Å²) in [6, 6.07) is 8.91. The molecule has 0 saturated heterocycles. The quantitative estimate of drug-likeness (QED) is 0.669. The van der Waals surface area contributed by atoms with Gasteiger partial charge < -0.3 is 4.52 Å². The van der Waals surface area contributed by atoms with Gasteiger partial charge in [0.25, 0.3) is 0 Å². The number of hydrogen-bond acceptors (Lipinski definition) is 6. The molecule has 138 valence electrons. The Morgan fingerprint density at radius 3 is 2.50 bits per heavy atom. The van der Waals surface area contributed by atoms with Crippen LogP contribution < -0.4 is 0 Å². The van der Waals surface area contributed by atoms with Gasteiger partial charge in [-0.25, -0.2) is 13.4 Å². The van der Waals surface area contributed by atoms with E-state index in [0.29, 0.717) is 17.7 Å². The molecule has 1 aromatic carbocycles. The van der Waals surface area contributed by atoms with Crippen LogP contribution in [0.1, 0.15) is 17.1 Å². The normalized spacial score (nSPS) is 12.5. The molecule has 0 saturated carbocycles. The van der Waals surface area contributed by atoms with E-state index in [4.69, 9.17) is 0 Å². The fourth-order valence-corrected chi connectivity index (χ4v) is 3.76. The zero-order chi connectivity index (χ0) is 18.9. The van der Waals surface area contributed by atoms with Crippen LogP contribution in [-0.4, -0.2) is 28.3 Å². The highest BCUT2D eigenvalue weighted by molar-refractivity contribution is 7.89. The second-order valence-electron chi connectivity index (χ2n) is 5.56. The molecule has 2 aromatic heterocycles. The molecule has 0 bridgehead atoms. The maximum atomic E-state index is 12.8. The highest BCUT2D eigenvalue weighted by Gasteiger charge is 2.38. The molecule has 0 aliphatic rings. The Balaban J connectivity index is 1.83. The van der Waals surface area contributed by atoms with Crippen molar-refractivity contribution in [2.24, 2.45) is 7.05 Å². The van der Waals surface area contributed by atoms with E-state index < -0.39 is 38.8 Å². The molecule has 0 aliphatic heterocycles. The Labute approximate surface area is 146 Å². The summed E-state index contributed by atoms with van der Waals surface area (Å²) in [7, 11) is -2.44. The van der Waals surface area contributed by atoms with E-state index in [1.165, 1.54) is 11.7 Å². The minimum Gasteiger partial charge on any atom is -0.364 e. The van der Waals surface area contributed by atoms with E-state index >= 15 is 0 Å². The molecule has 0 spiro atoms. The van der Waals surface area contributed by atoms with Crippen molar-refractivity contribution in [3.8, 4) is 11.4 Å². The first-order chi connectivity index (χ1) is 12.2. The lowest BCUT2D eigenvalue weighted by Crippen LogP contribution is -2.15. The van der Waals surface area contributed by atoms with Gasteiger partial charge in [0.15, 0.2) is 21.4 Å². The number of sulfone groups is 1. The third kappa shape index (κ3) is 3.93. The second-order valence-corrected chi connectivity index (χ2v) is 7.62. The first-order valence-corrected chi connectivity index (χ1v) is 9.14. The Kier molecular flexibility index (Phi) is 4.57. The summed E-state index contributed by atoms with van der Waals surface area (Å²) in [6.07, 6.45) is -4.10. The Morgan fingerprint density at radius 1 is 1.15 bits per heavy atom. The molecule has 2 heterocycles. The fourth-order valence-electron chi connectivity index (χ4n) is 2.33. The predicted octanol–water partition coefficient (Wildman–Crippen LogP) is 2.60. The maximum absolute atomic E-state index is 12.8. The lowest BCUT2D eigenvalue weighted by Gasteiger charge is -2.06. The number of alkyl halides is 3. The molecular formula is C15H13F3N4O3S. The molecule has 0 atom stereocenters. The highest BCUT2D eigenvalue weighted by atomic mass is 32.2. The number of benzene rings is 1. The van der Waals surface area contributed by atoms with Crippen LogP contribution >= 0.6 is 0 Å². The van der Waals surface area contributed by atoms with Crippen LogP contribution in [0.15, 0.2) is 41.1 Å². The minimum absolute atomic E-state index is 0.119. The van der Waals surface area contributed by atoms with Crippen LogP contribution in [0.2, 0.25) is 0 Å². The Bertz CT molecular complexity index is 1010. The largest absolute Gasteiger partial charge is 0.437 e. The van der Waals surface area contributed by atoms with Crippen molar-refractivity contribution in [1.82, 2.24) is 19.9 Å². The van der Waals surface area contributed by atoms with Crippen molar-refractivity contribution >= 4 is 9.84 Å². The van der Waals surface area contributed by atoms with Gasteiger partial charge in [-0.05, 0) is 0 Å². The zero-order valence-electron chi connectivity index (χ0n) is 13.4. The molecule has 26 heavy (non-hydrogen) atoms. The average Bonchev–Trinajstić information content (AvgIpc) is 3.14. The van der Waals surface area contributed by atoms with Crippen LogP contribution in [0, 0.1) is 0 Å². The Morgan fingerprint density at radius 2 is 1.85 bits per heavy atom. The molecule has 0 fully saturated rings. The summed E-state index contributed by atoms with van der Waals surface area (Å²) in [5.41, 5.74) is -1.18. The predicted molar refractivity (Wildman–Crippen MR) is 84.3 cm³/mol. The van der Waals surface area contributed by atoms with Crippen molar-refractivity contribution in [1.29, 1.82) is 0 Å². The monoisotopic (exact) mass is 386 g/mol. The van der Waals surface area contributed by atoms with Gasteiger partial charge in [-0.15, -0.1) is 0 Å². The van der Waals surface area contributed by atoms with Gasteiger partial charge in [-0.2, -0.15) is 18.3 Å². The van der Waals surface area contributed by atoms with Gasteiger partial charge >= 0.3 is 6.18 Å². The summed E-state index contributed by atoms with van der Waals surface area (Å²) in [5, 5.41) is 6.99. The lowest BCUT2D eigenvalue weighted by molar-refractivity contribution is -0.143. The van der Waals surface area contributed by atoms with E-state index in [-0.39, 0.29) is 5.82 Å². The summed E-state index contributed by atoms with van der Waals surface area (Å²) in [5.74, 6) is -0.974. The molecule has 0 aliphatic carbocycles. The highest BCUT2D eigenvalue weighted by Crippen LogP contribution is 2.31. The molecule has 3 rings (SSSR count). The van der Waals surface area contributed by atoms with Crippen molar-refractivity contribution in [2.75, 3.05) is 0 Å². The first kappa shape index (κ1) is 18.1. The van der Waals surface area contributed by atoms with Crippen LogP contribution in [0.25, 0.3) is 11.4 Å². The van der Waals surface area contributed by atoms with Crippen LogP contribution in [0.4, 0.5) is 13.2 Å². The Hall–Kier alpha value is -2.69. The molecule has 0 N–H and O–H groups in total. The molecule has 0 radical (unpaired) electrons. The number of hydrogen-bond donors (Lipinski definition) is 0. The third-order valence-electron chi connectivity index (χ3n) is 3.52. The molecule has 0 unspecified atom stereocenters. The fraction of sp³-hybridized carbons (Fsp3) is 0.267. The van der Waals surface area contributed by atoms with E-state index in [2.05, 4.69) is 19.8 Å². The van der Waals surface area contributed by atoms with Crippen molar-refractivity contribution in [3.63, 3.8) is 0 Å². The number of halogens is 3. The SMILES string of the molecule is Cn1nc(-c2ccccc2)nc1CS(=O)(=O)Cc1conc1C(F)(F)F. The van der Waals surface area contributed by atoms with Crippen molar-refractivity contribution in [3.05, 3.63) is 53.7 Å². The van der Waals surface area contributed by atoms with Gasteiger partial charge in [0.05, 0.1) is 5.75 Å². The molecule has 0 amide bonds. The number of aromatic nitrogens is 4. The minimum atomic E-state index is -4.79. The summed E-state index contributed by atoms with van der Waals surface area (Å²) < 4.78 is 68.6. The van der Waals surface area contributed by atoms with E-state index in [1.807, 2.05) is 6.07 Å². The van der Waals surface area contributed by atoms with Crippen molar-refractivity contribution < 1.29 is 26.1 Å². The van der Waals surface area contributed by atoms with Crippen LogP contribution in [-0.2, 0) is 34.6 Å². The topological polar surface area (TPSA) is 90.9 Å². The van der Waals surface area contributed by atoms with Crippen molar-refractivity contribution in [2.45, 2.75) is 17.7 Å². The maximum Gasteiger partial charge on any atom is 0.437 e. The second kappa shape index (κ2) is 6.56. The summed E-state index contributed by atoms with van der Waals surface area (Å²) in [4.78, 5) is 4.18. The van der Waals surface area contributed by atoms with E-state index in [1.54, 1.807) is 24.3 Å². The number of aryl methyl sites for hydroxylation is 1. The third-order valence-corrected chi connectivity index (χ3v) is 4.97. The molecule has 11 heteroatoms. The lowest BCUT2D eigenvalue weighted by atomic mass is 10.2. The van der Waals surface area contributed by atoms with Crippen LogP contribution in [0.3, 0.4) is 0 Å². The van der Waals surface area contributed by atoms with E-state index in [0.717, 1.165) is 0 Å². The molecular weight excluding hydrogens is 373 g/mol. The summed E-state index contributed by atoms with van der Waals surface area (Å²) >= 11 is 0. The zero-order valence-corrected chi connectivity index (χ0v) is 14.3. The smallest absolute Gasteiger partial charge is 0.364 e. The summed E-state index contributed by atoms with van der Waals surface area (Å²) in [6.45, 7) is 0. The van der Waals surface area contributed by atoms with Gasteiger partial charge in [0.1, 0.15) is 17.8 Å². The average molecular weight is 386 g/mol. The van der Waals surface area contributed by atoms with Gasteiger partial charge in [-0.1, -0.05) is 35.5 Å². The molecule has 3 aromatic rings.